The molecule has 3 aromatic rings. The quantitative estimate of drug-likeness (QED) is 0.451. The van der Waals surface area contributed by atoms with E-state index in [0.29, 0.717) is 40.0 Å². The molecule has 0 bridgehead atoms. The second-order valence-electron chi connectivity index (χ2n) is 7.33. The van der Waals surface area contributed by atoms with E-state index < -0.39 is 18.9 Å². The number of H-pyrrole nitrogens is 1. The third-order valence-corrected chi connectivity index (χ3v) is 5.31. The van der Waals surface area contributed by atoms with Gasteiger partial charge in [0, 0.05) is 33.9 Å². The Morgan fingerprint density at radius 3 is 2.69 bits per heavy atom. The molecule has 0 spiro atoms. The second kappa shape index (κ2) is 9.26. The van der Waals surface area contributed by atoms with Gasteiger partial charge in [-0.3, -0.25) is 0 Å². The molecule has 168 valence electrons. The topological polar surface area (TPSA) is 67.4 Å². The number of fused-ring (bicyclic) bond motifs is 1. The lowest BCUT2D eigenvalue weighted by molar-refractivity contribution is -0.165. The molecule has 4 rings (SSSR count). The highest BCUT2D eigenvalue weighted by Gasteiger charge is 2.33. The molecule has 2 N–H and O–H groups in total. The SMILES string of the molecule is OC(C1=C(OCC(F)(F)F)C(OCc2ccc(Cl)cc2)=CCC1)c1c[nH]c2ncccc12. The Morgan fingerprint density at radius 1 is 1.16 bits per heavy atom. The minimum absolute atomic E-state index is 0.0896. The normalized spacial score (nSPS) is 15.6. The minimum Gasteiger partial charge on any atom is -0.485 e. The van der Waals surface area contributed by atoms with Crippen LogP contribution in [0.3, 0.4) is 0 Å². The molecule has 0 fully saturated rings. The highest BCUT2D eigenvalue weighted by atomic mass is 35.5. The van der Waals surface area contributed by atoms with Gasteiger partial charge in [-0.25, -0.2) is 4.98 Å². The van der Waals surface area contributed by atoms with Crippen molar-refractivity contribution in [1.82, 2.24) is 9.97 Å². The van der Waals surface area contributed by atoms with E-state index in [2.05, 4.69) is 9.97 Å². The van der Waals surface area contributed by atoms with Gasteiger partial charge in [-0.15, -0.1) is 0 Å². The van der Waals surface area contributed by atoms with E-state index in [4.69, 9.17) is 21.1 Å². The molecule has 1 aromatic carbocycles. The van der Waals surface area contributed by atoms with E-state index in [1.807, 2.05) is 0 Å². The van der Waals surface area contributed by atoms with Gasteiger partial charge in [-0.05, 0) is 48.7 Å². The lowest BCUT2D eigenvalue weighted by Crippen LogP contribution is -2.20. The van der Waals surface area contributed by atoms with E-state index in [-0.39, 0.29) is 18.1 Å². The number of hydrogen-bond donors (Lipinski definition) is 2. The maximum Gasteiger partial charge on any atom is 0.422 e. The van der Waals surface area contributed by atoms with Crippen molar-refractivity contribution in [1.29, 1.82) is 0 Å². The molecule has 5 nitrogen and oxygen atoms in total. The number of nitrogens with one attached hydrogen (secondary N) is 1. The molecule has 0 saturated heterocycles. The number of nitrogens with zero attached hydrogens (tertiary/aromatic N) is 1. The Kier molecular flexibility index (Phi) is 6.43. The fourth-order valence-electron chi connectivity index (χ4n) is 3.56. The number of aliphatic hydroxyl groups excluding tert-OH is 1. The molecule has 1 aliphatic carbocycles. The zero-order chi connectivity index (χ0) is 22.7. The summed E-state index contributed by atoms with van der Waals surface area (Å²) >= 11 is 5.89. The molecule has 0 amide bonds. The fourth-order valence-corrected chi connectivity index (χ4v) is 3.69. The molecular weight excluding hydrogens is 445 g/mol. The summed E-state index contributed by atoms with van der Waals surface area (Å²) in [4.78, 5) is 7.16. The van der Waals surface area contributed by atoms with Crippen LogP contribution in [0, 0.1) is 0 Å². The van der Waals surface area contributed by atoms with Crippen molar-refractivity contribution in [2.24, 2.45) is 0 Å². The number of aromatic amines is 1. The van der Waals surface area contributed by atoms with E-state index in [9.17, 15) is 18.3 Å². The highest BCUT2D eigenvalue weighted by Crippen LogP contribution is 2.38. The van der Waals surface area contributed by atoms with Crippen molar-refractivity contribution in [3.05, 3.63) is 88.1 Å². The number of hydrogen-bond acceptors (Lipinski definition) is 4. The summed E-state index contributed by atoms with van der Waals surface area (Å²) in [7, 11) is 0. The van der Waals surface area contributed by atoms with Crippen LogP contribution in [0.5, 0.6) is 0 Å². The Bertz CT molecular complexity index is 1150. The van der Waals surface area contributed by atoms with Gasteiger partial charge in [-0.2, -0.15) is 13.2 Å². The molecule has 0 aliphatic heterocycles. The zero-order valence-electron chi connectivity index (χ0n) is 16.8. The van der Waals surface area contributed by atoms with Crippen molar-refractivity contribution in [3.63, 3.8) is 0 Å². The van der Waals surface area contributed by atoms with E-state index in [0.717, 1.165) is 5.56 Å². The molecule has 0 radical (unpaired) electrons. The Labute approximate surface area is 187 Å². The smallest absolute Gasteiger partial charge is 0.422 e. The molecule has 0 saturated carbocycles. The summed E-state index contributed by atoms with van der Waals surface area (Å²) in [6.07, 6.45) is -0.0153. The van der Waals surface area contributed by atoms with Crippen LogP contribution in [0.25, 0.3) is 11.0 Å². The summed E-state index contributed by atoms with van der Waals surface area (Å²) in [5, 5.41) is 12.4. The minimum atomic E-state index is -4.54. The Hall–Kier alpha value is -2.97. The Morgan fingerprint density at radius 2 is 1.94 bits per heavy atom. The second-order valence-corrected chi connectivity index (χ2v) is 7.76. The van der Waals surface area contributed by atoms with Crippen molar-refractivity contribution in [2.45, 2.75) is 31.7 Å². The third-order valence-electron chi connectivity index (χ3n) is 5.05. The first kappa shape index (κ1) is 22.2. The Balaban J connectivity index is 1.64. The van der Waals surface area contributed by atoms with Crippen LogP contribution in [0.4, 0.5) is 13.2 Å². The van der Waals surface area contributed by atoms with Gasteiger partial charge in [0.1, 0.15) is 18.4 Å². The summed E-state index contributed by atoms with van der Waals surface area (Å²) in [6, 6.07) is 10.4. The first-order valence-corrected chi connectivity index (χ1v) is 10.3. The van der Waals surface area contributed by atoms with Crippen LogP contribution < -0.4 is 0 Å². The monoisotopic (exact) mass is 464 g/mol. The molecule has 1 unspecified atom stereocenters. The number of ether oxygens (including phenoxy) is 2. The van der Waals surface area contributed by atoms with Gasteiger partial charge in [0.2, 0.25) is 0 Å². The number of pyridine rings is 1. The number of aromatic nitrogens is 2. The zero-order valence-corrected chi connectivity index (χ0v) is 17.6. The third kappa shape index (κ3) is 5.08. The van der Waals surface area contributed by atoms with Gasteiger partial charge in [-0.1, -0.05) is 23.7 Å². The highest BCUT2D eigenvalue weighted by molar-refractivity contribution is 6.30. The number of allylic oxidation sites excluding steroid dienone is 1. The summed E-state index contributed by atoms with van der Waals surface area (Å²) in [5.74, 6) is 0.0794. The average molecular weight is 465 g/mol. The lowest BCUT2D eigenvalue weighted by Gasteiger charge is -2.26. The number of rotatable bonds is 7. The predicted molar refractivity (Wildman–Crippen MR) is 114 cm³/mol. The van der Waals surface area contributed by atoms with Crippen LogP contribution in [0.1, 0.15) is 30.1 Å². The van der Waals surface area contributed by atoms with Crippen molar-refractivity contribution < 1.29 is 27.8 Å². The van der Waals surface area contributed by atoms with E-state index in [1.165, 1.54) is 0 Å². The van der Waals surface area contributed by atoms with Crippen molar-refractivity contribution in [3.8, 4) is 0 Å². The van der Waals surface area contributed by atoms with Crippen LogP contribution in [0.2, 0.25) is 5.02 Å². The average Bonchev–Trinajstić information content (AvgIpc) is 3.20. The summed E-state index contributed by atoms with van der Waals surface area (Å²) < 4.78 is 49.8. The van der Waals surface area contributed by atoms with Gasteiger partial charge in [0.15, 0.2) is 18.1 Å². The number of alkyl halides is 3. The van der Waals surface area contributed by atoms with E-state index in [1.54, 1.807) is 54.9 Å². The number of halogens is 4. The molecule has 1 atom stereocenters. The van der Waals surface area contributed by atoms with Crippen LogP contribution in [-0.4, -0.2) is 27.9 Å². The molecular formula is C23H20ClF3N2O3. The lowest BCUT2D eigenvalue weighted by atomic mass is 9.93. The number of aliphatic hydroxyl groups is 1. The molecule has 2 heterocycles. The van der Waals surface area contributed by atoms with Crippen molar-refractivity contribution >= 4 is 22.6 Å². The molecule has 9 heteroatoms. The van der Waals surface area contributed by atoms with E-state index >= 15 is 0 Å². The maximum absolute atomic E-state index is 12.9. The summed E-state index contributed by atoms with van der Waals surface area (Å²) in [6.45, 7) is -1.38. The van der Waals surface area contributed by atoms with Gasteiger partial charge >= 0.3 is 6.18 Å². The first-order valence-electron chi connectivity index (χ1n) is 9.92. The summed E-state index contributed by atoms with van der Waals surface area (Å²) in [5.41, 5.74) is 2.20. The molecule has 2 aromatic heterocycles. The molecule has 32 heavy (non-hydrogen) atoms. The van der Waals surface area contributed by atoms with Gasteiger partial charge in [0.25, 0.3) is 0 Å². The van der Waals surface area contributed by atoms with Gasteiger partial charge in [0.05, 0.1) is 0 Å². The maximum atomic E-state index is 12.9. The van der Waals surface area contributed by atoms with Crippen molar-refractivity contribution in [2.75, 3.05) is 6.61 Å². The predicted octanol–water partition coefficient (Wildman–Crippen LogP) is 5.98. The first-order chi connectivity index (χ1) is 15.3. The van der Waals surface area contributed by atoms with Crippen LogP contribution in [-0.2, 0) is 16.1 Å². The van der Waals surface area contributed by atoms with Gasteiger partial charge < -0.3 is 19.6 Å². The molecule has 1 aliphatic rings. The largest absolute Gasteiger partial charge is 0.485 e. The standard InChI is InChI=1S/C23H20ClF3N2O3/c24-15-8-6-14(7-9-15)12-31-19-5-1-3-17(21(19)32-13-23(25,26)27)20(30)18-11-29-22-16(18)4-2-10-28-22/h2,4-11,20,30H,1,3,12-13H2,(H,28,29). The van der Waals surface area contributed by atoms with Crippen LogP contribution in [0.15, 0.2) is 72.0 Å². The number of benzene rings is 1. The fraction of sp³-hybridized carbons (Fsp3) is 0.261. The van der Waals surface area contributed by atoms with Crippen LogP contribution >= 0.6 is 11.6 Å².